The van der Waals surface area contributed by atoms with E-state index in [9.17, 15) is 4.79 Å². The van der Waals surface area contributed by atoms with Gasteiger partial charge in [0, 0.05) is 36.7 Å². The number of nitrogens with one attached hydrogen (secondary N) is 1. The van der Waals surface area contributed by atoms with E-state index >= 15 is 0 Å². The molecule has 0 unspecified atom stereocenters. The zero-order chi connectivity index (χ0) is 17.6. The van der Waals surface area contributed by atoms with Crippen molar-refractivity contribution in [2.45, 2.75) is 26.7 Å². The number of anilines is 3. The predicted octanol–water partition coefficient (Wildman–Crippen LogP) is 3.92. The van der Waals surface area contributed by atoms with E-state index in [-0.39, 0.29) is 5.91 Å². The first-order valence-electron chi connectivity index (χ1n) is 9.20. The van der Waals surface area contributed by atoms with E-state index < -0.39 is 0 Å². The van der Waals surface area contributed by atoms with Crippen molar-refractivity contribution in [1.82, 2.24) is 0 Å². The number of benzene rings is 2. The molecule has 2 aromatic carbocycles. The lowest BCUT2D eigenvalue weighted by Gasteiger charge is -2.29. The summed E-state index contributed by atoms with van der Waals surface area (Å²) < 4.78 is 0. The average Bonchev–Trinajstić information content (AvgIpc) is 2.67. The van der Waals surface area contributed by atoms with E-state index in [1.807, 2.05) is 35.2 Å². The van der Waals surface area contributed by atoms with Crippen molar-refractivity contribution in [3.8, 4) is 0 Å². The van der Waals surface area contributed by atoms with Crippen molar-refractivity contribution in [3.63, 3.8) is 0 Å². The van der Waals surface area contributed by atoms with Gasteiger partial charge in [-0.05, 0) is 62.6 Å². The Balaban J connectivity index is 1.61. The molecule has 3 rings (SSSR count). The van der Waals surface area contributed by atoms with Crippen LogP contribution in [0.5, 0.6) is 0 Å². The molecule has 1 heterocycles. The van der Waals surface area contributed by atoms with Gasteiger partial charge in [0.2, 0.25) is 5.91 Å². The highest BCUT2D eigenvalue weighted by molar-refractivity contribution is 5.97. The predicted molar refractivity (Wildman–Crippen MR) is 106 cm³/mol. The van der Waals surface area contributed by atoms with Crippen LogP contribution in [0, 0.1) is 0 Å². The fourth-order valence-electron chi connectivity index (χ4n) is 3.44. The standard InChI is InChI=1S/C21H27N3O/c1-3-23(4-2)19-13-11-18(12-14-19)22-16-21(25)24-15-7-9-17-8-5-6-10-20(17)24/h5-6,8,10-14,22H,3-4,7,9,15-16H2,1-2H3. The van der Waals surface area contributed by atoms with Crippen molar-refractivity contribution in [3.05, 3.63) is 54.1 Å². The zero-order valence-corrected chi connectivity index (χ0v) is 15.2. The normalized spacial score (nSPS) is 13.3. The van der Waals surface area contributed by atoms with Gasteiger partial charge in [0.1, 0.15) is 0 Å². The summed E-state index contributed by atoms with van der Waals surface area (Å²) in [5, 5.41) is 3.26. The molecule has 4 heteroatoms. The quantitative estimate of drug-likeness (QED) is 0.868. The highest BCUT2D eigenvalue weighted by Crippen LogP contribution is 2.26. The Kier molecular flexibility index (Phi) is 5.59. The molecule has 0 bridgehead atoms. The molecule has 4 nitrogen and oxygen atoms in total. The van der Waals surface area contributed by atoms with E-state index in [0.717, 1.165) is 43.9 Å². The number of aryl methyl sites for hydroxylation is 1. The van der Waals surface area contributed by atoms with Crippen LogP contribution in [0.2, 0.25) is 0 Å². The SMILES string of the molecule is CCN(CC)c1ccc(NCC(=O)N2CCCc3ccccc32)cc1. The number of rotatable bonds is 6. The number of para-hydroxylation sites is 1. The van der Waals surface area contributed by atoms with Crippen LogP contribution in [0.1, 0.15) is 25.8 Å². The molecule has 0 atom stereocenters. The highest BCUT2D eigenvalue weighted by atomic mass is 16.2. The third-order valence-electron chi connectivity index (χ3n) is 4.85. The summed E-state index contributed by atoms with van der Waals surface area (Å²) in [6, 6.07) is 16.5. The summed E-state index contributed by atoms with van der Waals surface area (Å²) in [5.41, 5.74) is 4.53. The molecule has 0 radical (unpaired) electrons. The molecule has 0 saturated carbocycles. The number of carbonyl (C=O) groups excluding carboxylic acids is 1. The lowest BCUT2D eigenvalue weighted by Crippen LogP contribution is -2.39. The van der Waals surface area contributed by atoms with Gasteiger partial charge in [0.15, 0.2) is 0 Å². The fourth-order valence-corrected chi connectivity index (χ4v) is 3.44. The Labute approximate surface area is 150 Å². The molecule has 0 fully saturated rings. The van der Waals surface area contributed by atoms with Gasteiger partial charge in [-0.3, -0.25) is 4.79 Å². The molecule has 0 aliphatic carbocycles. The topological polar surface area (TPSA) is 35.6 Å². The molecule has 1 amide bonds. The summed E-state index contributed by atoms with van der Waals surface area (Å²) in [6.45, 7) is 7.43. The average molecular weight is 337 g/mol. The molecule has 1 aliphatic rings. The maximum Gasteiger partial charge on any atom is 0.246 e. The van der Waals surface area contributed by atoms with Crippen molar-refractivity contribution < 1.29 is 4.79 Å². The van der Waals surface area contributed by atoms with Crippen LogP contribution in [0.15, 0.2) is 48.5 Å². The van der Waals surface area contributed by atoms with Crippen LogP contribution >= 0.6 is 0 Å². The molecular formula is C21H27N3O. The van der Waals surface area contributed by atoms with Gasteiger partial charge in [-0.2, -0.15) is 0 Å². The first-order valence-corrected chi connectivity index (χ1v) is 9.20. The van der Waals surface area contributed by atoms with E-state index in [4.69, 9.17) is 0 Å². The lowest BCUT2D eigenvalue weighted by atomic mass is 10.0. The van der Waals surface area contributed by atoms with Gasteiger partial charge in [-0.25, -0.2) is 0 Å². The molecule has 0 aromatic heterocycles. The highest BCUT2D eigenvalue weighted by Gasteiger charge is 2.21. The summed E-state index contributed by atoms with van der Waals surface area (Å²) in [5.74, 6) is 0.125. The van der Waals surface area contributed by atoms with Crippen molar-refractivity contribution in [2.75, 3.05) is 41.3 Å². The second-order valence-corrected chi connectivity index (χ2v) is 6.35. The summed E-state index contributed by atoms with van der Waals surface area (Å²) in [4.78, 5) is 16.9. The number of amides is 1. The lowest BCUT2D eigenvalue weighted by molar-refractivity contribution is -0.117. The number of fused-ring (bicyclic) bond motifs is 1. The van der Waals surface area contributed by atoms with E-state index in [2.05, 4.69) is 42.3 Å². The zero-order valence-electron chi connectivity index (χ0n) is 15.2. The minimum atomic E-state index is 0.125. The van der Waals surface area contributed by atoms with Crippen molar-refractivity contribution in [2.24, 2.45) is 0 Å². The largest absolute Gasteiger partial charge is 0.376 e. The van der Waals surface area contributed by atoms with Crippen LogP contribution in [0.4, 0.5) is 17.1 Å². The second-order valence-electron chi connectivity index (χ2n) is 6.35. The van der Waals surface area contributed by atoms with Crippen LogP contribution in [0.3, 0.4) is 0 Å². The Morgan fingerprint density at radius 3 is 2.52 bits per heavy atom. The molecule has 0 saturated heterocycles. The van der Waals surface area contributed by atoms with Gasteiger partial charge >= 0.3 is 0 Å². The van der Waals surface area contributed by atoms with Gasteiger partial charge in [0.05, 0.1) is 6.54 Å². The first-order chi connectivity index (χ1) is 12.2. The van der Waals surface area contributed by atoms with E-state index in [0.29, 0.717) is 6.54 Å². The summed E-state index contributed by atoms with van der Waals surface area (Å²) >= 11 is 0. The first kappa shape index (κ1) is 17.3. The fraction of sp³-hybridized carbons (Fsp3) is 0.381. The Morgan fingerprint density at radius 2 is 1.80 bits per heavy atom. The minimum Gasteiger partial charge on any atom is -0.376 e. The van der Waals surface area contributed by atoms with Crippen molar-refractivity contribution in [1.29, 1.82) is 0 Å². The van der Waals surface area contributed by atoms with E-state index in [1.165, 1.54) is 11.3 Å². The van der Waals surface area contributed by atoms with Gasteiger partial charge in [-0.15, -0.1) is 0 Å². The maximum absolute atomic E-state index is 12.7. The van der Waals surface area contributed by atoms with Gasteiger partial charge in [0.25, 0.3) is 0 Å². The second kappa shape index (κ2) is 8.06. The smallest absolute Gasteiger partial charge is 0.246 e. The molecule has 132 valence electrons. The van der Waals surface area contributed by atoms with Crippen LogP contribution < -0.4 is 15.1 Å². The number of nitrogens with zero attached hydrogens (tertiary/aromatic N) is 2. The number of hydrogen-bond donors (Lipinski definition) is 1. The molecule has 1 aliphatic heterocycles. The monoisotopic (exact) mass is 337 g/mol. The maximum atomic E-state index is 12.7. The molecule has 2 aromatic rings. The number of hydrogen-bond acceptors (Lipinski definition) is 3. The Morgan fingerprint density at radius 1 is 1.08 bits per heavy atom. The van der Waals surface area contributed by atoms with E-state index in [1.54, 1.807) is 0 Å². The van der Waals surface area contributed by atoms with Crippen LogP contribution in [0.25, 0.3) is 0 Å². The molecule has 25 heavy (non-hydrogen) atoms. The summed E-state index contributed by atoms with van der Waals surface area (Å²) in [6.07, 6.45) is 2.08. The van der Waals surface area contributed by atoms with Crippen LogP contribution in [-0.2, 0) is 11.2 Å². The minimum absolute atomic E-state index is 0.125. The molecular weight excluding hydrogens is 310 g/mol. The number of carbonyl (C=O) groups is 1. The van der Waals surface area contributed by atoms with Gasteiger partial charge < -0.3 is 15.1 Å². The van der Waals surface area contributed by atoms with Gasteiger partial charge in [-0.1, -0.05) is 18.2 Å². The third-order valence-corrected chi connectivity index (χ3v) is 4.85. The Hall–Kier alpha value is -2.49. The molecule has 0 spiro atoms. The Bertz CT molecular complexity index is 707. The van der Waals surface area contributed by atoms with Crippen LogP contribution in [-0.4, -0.2) is 32.1 Å². The third kappa shape index (κ3) is 3.95. The summed E-state index contributed by atoms with van der Waals surface area (Å²) in [7, 11) is 0. The molecule has 1 N–H and O–H groups in total. The van der Waals surface area contributed by atoms with Crippen molar-refractivity contribution >= 4 is 23.0 Å².